The summed E-state index contributed by atoms with van der Waals surface area (Å²) in [6, 6.07) is 0. The van der Waals surface area contributed by atoms with Crippen LogP contribution in [0.2, 0.25) is 0 Å². The minimum absolute atomic E-state index is 0.387. The first-order valence-electron chi connectivity index (χ1n) is 3.48. The van der Waals surface area contributed by atoms with Crippen molar-refractivity contribution < 1.29 is 4.52 Å². The Labute approximate surface area is 68.0 Å². The molecule has 0 saturated carbocycles. The first-order valence-corrected chi connectivity index (χ1v) is 4.35. The van der Waals surface area contributed by atoms with Crippen LogP contribution in [0.25, 0.3) is 10.4 Å². The molecule has 0 aliphatic carbocycles. The molecule has 0 amide bonds. The lowest BCUT2D eigenvalue weighted by molar-refractivity contribution is 0.446. The van der Waals surface area contributed by atoms with E-state index in [4.69, 9.17) is 4.52 Å². The van der Waals surface area contributed by atoms with Crippen molar-refractivity contribution in [3.8, 4) is 0 Å². The van der Waals surface area contributed by atoms with Crippen LogP contribution in [-0.2, 0) is 0 Å². The zero-order valence-electron chi connectivity index (χ0n) is 6.37. The minimum atomic E-state index is 0.387. The molecule has 2 heterocycles. The summed E-state index contributed by atoms with van der Waals surface area (Å²) in [5, 5.41) is 3.93. The monoisotopic (exact) mass is 168 g/mol. The van der Waals surface area contributed by atoms with Crippen LogP contribution >= 0.6 is 11.3 Å². The molecule has 0 spiro atoms. The van der Waals surface area contributed by atoms with E-state index in [1.165, 1.54) is 11.3 Å². The second kappa shape index (κ2) is 2.30. The van der Waals surface area contributed by atoms with Crippen LogP contribution in [-0.4, -0.2) is 10.1 Å². The zero-order valence-corrected chi connectivity index (χ0v) is 7.18. The smallest absolute Gasteiger partial charge is 0.240 e. The molecule has 2 aromatic heterocycles. The second-order valence-electron chi connectivity index (χ2n) is 2.71. The molecule has 0 atom stereocenters. The zero-order chi connectivity index (χ0) is 7.84. The molecule has 0 aromatic carbocycles. The van der Waals surface area contributed by atoms with Crippen LogP contribution in [0.1, 0.15) is 25.5 Å². The summed E-state index contributed by atoms with van der Waals surface area (Å²) in [7, 11) is 0. The lowest BCUT2D eigenvalue weighted by Crippen LogP contribution is -1.86. The number of nitrogens with zero attached hydrogens (tertiary/aromatic N) is 2. The third-order valence-corrected chi connectivity index (χ3v) is 2.24. The van der Waals surface area contributed by atoms with Crippen molar-refractivity contribution in [3.63, 3.8) is 0 Å². The molecule has 2 rings (SSSR count). The molecule has 58 valence electrons. The maximum Gasteiger partial charge on any atom is 0.240 e. The average molecular weight is 168 g/mol. The van der Waals surface area contributed by atoms with Crippen molar-refractivity contribution in [3.05, 3.63) is 11.2 Å². The lowest BCUT2D eigenvalue weighted by atomic mass is 10.1. The quantitative estimate of drug-likeness (QED) is 0.656. The molecule has 0 unspecified atom stereocenters. The van der Waals surface area contributed by atoms with Gasteiger partial charge in [-0.15, -0.1) is 0 Å². The Morgan fingerprint density at radius 2 is 2.36 bits per heavy atom. The van der Waals surface area contributed by atoms with Crippen LogP contribution in [0.4, 0.5) is 0 Å². The molecule has 0 N–H and O–H groups in total. The van der Waals surface area contributed by atoms with Gasteiger partial charge >= 0.3 is 0 Å². The molecule has 0 aliphatic rings. The predicted molar refractivity (Wildman–Crippen MR) is 43.8 cm³/mol. The van der Waals surface area contributed by atoms with Gasteiger partial charge in [0.25, 0.3) is 0 Å². The van der Waals surface area contributed by atoms with Gasteiger partial charge in [0.1, 0.15) is 11.2 Å². The largest absolute Gasteiger partial charge is 0.343 e. The fourth-order valence-electron chi connectivity index (χ4n) is 0.984. The first-order chi connectivity index (χ1) is 5.29. The van der Waals surface area contributed by atoms with Crippen LogP contribution in [0.5, 0.6) is 0 Å². The lowest BCUT2D eigenvalue weighted by Gasteiger charge is -1.94. The number of fused-ring (bicyclic) bond motifs is 1. The summed E-state index contributed by atoms with van der Waals surface area (Å²) in [6.45, 7) is 4.16. The van der Waals surface area contributed by atoms with Gasteiger partial charge in [-0.05, 0) is 0 Å². The van der Waals surface area contributed by atoms with Crippen molar-refractivity contribution in [1.82, 2.24) is 10.1 Å². The second-order valence-corrected chi connectivity index (χ2v) is 3.53. The Hall–Kier alpha value is -0.900. The maximum absolute atomic E-state index is 5.06. The van der Waals surface area contributed by atoms with Crippen LogP contribution < -0.4 is 0 Å². The SMILES string of the molecule is CC(C)c1noc2scnc12. The van der Waals surface area contributed by atoms with Gasteiger partial charge in [0, 0.05) is 5.92 Å². The number of hydrogen-bond acceptors (Lipinski definition) is 4. The van der Waals surface area contributed by atoms with Crippen molar-refractivity contribution in [2.75, 3.05) is 0 Å². The molecule has 3 nitrogen and oxygen atoms in total. The van der Waals surface area contributed by atoms with Gasteiger partial charge in [-0.3, -0.25) is 0 Å². The highest BCUT2D eigenvalue weighted by Crippen LogP contribution is 2.25. The molecule has 0 fully saturated rings. The highest BCUT2D eigenvalue weighted by atomic mass is 32.1. The van der Waals surface area contributed by atoms with E-state index in [1.807, 2.05) is 0 Å². The molecule has 0 radical (unpaired) electrons. The summed E-state index contributed by atoms with van der Waals surface area (Å²) < 4.78 is 5.06. The van der Waals surface area contributed by atoms with Gasteiger partial charge in [-0.1, -0.05) is 30.3 Å². The Morgan fingerprint density at radius 1 is 1.55 bits per heavy atom. The fourth-order valence-corrected chi connectivity index (χ4v) is 1.59. The molecule has 11 heavy (non-hydrogen) atoms. The van der Waals surface area contributed by atoms with Gasteiger partial charge in [0.2, 0.25) is 4.90 Å². The van der Waals surface area contributed by atoms with E-state index in [1.54, 1.807) is 5.51 Å². The van der Waals surface area contributed by atoms with Gasteiger partial charge in [-0.25, -0.2) is 4.98 Å². The third kappa shape index (κ3) is 0.939. The first kappa shape index (κ1) is 6.79. The van der Waals surface area contributed by atoms with Crippen molar-refractivity contribution in [2.45, 2.75) is 19.8 Å². The maximum atomic E-state index is 5.06. The van der Waals surface area contributed by atoms with Gasteiger partial charge < -0.3 is 4.52 Å². The van der Waals surface area contributed by atoms with Crippen LogP contribution in [0.3, 0.4) is 0 Å². The third-order valence-electron chi connectivity index (χ3n) is 1.55. The Kier molecular flexibility index (Phi) is 1.42. The highest BCUT2D eigenvalue weighted by molar-refractivity contribution is 7.16. The van der Waals surface area contributed by atoms with E-state index >= 15 is 0 Å². The fraction of sp³-hybridized carbons (Fsp3) is 0.429. The summed E-state index contributed by atoms with van der Waals surface area (Å²) in [5.41, 5.74) is 3.66. The molecule has 0 aliphatic heterocycles. The van der Waals surface area contributed by atoms with Gasteiger partial charge in [0.05, 0.1) is 5.51 Å². The van der Waals surface area contributed by atoms with Crippen LogP contribution in [0, 0.1) is 0 Å². The van der Waals surface area contributed by atoms with Crippen molar-refractivity contribution in [2.24, 2.45) is 0 Å². The Bertz CT molecular complexity index is 363. The number of hydrogen-bond donors (Lipinski definition) is 0. The highest BCUT2D eigenvalue weighted by Gasteiger charge is 2.12. The Balaban J connectivity index is 2.68. The number of aromatic nitrogens is 2. The average Bonchev–Trinajstić information content (AvgIpc) is 2.41. The number of thiazole rings is 1. The molecule has 2 aromatic rings. The van der Waals surface area contributed by atoms with E-state index < -0.39 is 0 Å². The summed E-state index contributed by atoms with van der Waals surface area (Å²) in [4.78, 5) is 4.99. The normalized spacial score (nSPS) is 11.5. The van der Waals surface area contributed by atoms with Crippen LogP contribution in [0.15, 0.2) is 10.0 Å². The van der Waals surface area contributed by atoms with Gasteiger partial charge in [0.15, 0.2) is 0 Å². The van der Waals surface area contributed by atoms with Crippen molar-refractivity contribution >= 4 is 21.8 Å². The standard InChI is InChI=1S/C7H8N2OS/c1-4(2)5-6-7(10-9-5)11-3-8-6/h3-4H,1-2H3. The van der Waals surface area contributed by atoms with Crippen molar-refractivity contribution in [1.29, 1.82) is 0 Å². The Morgan fingerprint density at radius 3 is 3.09 bits per heavy atom. The molecular formula is C7H8N2OS. The van der Waals surface area contributed by atoms with E-state index in [0.717, 1.165) is 16.1 Å². The number of rotatable bonds is 1. The molecule has 0 bridgehead atoms. The van der Waals surface area contributed by atoms with E-state index in [-0.39, 0.29) is 0 Å². The summed E-state index contributed by atoms with van der Waals surface area (Å²) >= 11 is 1.49. The topological polar surface area (TPSA) is 38.9 Å². The molecule has 4 heteroatoms. The predicted octanol–water partition coefficient (Wildman–Crippen LogP) is 2.41. The molecular weight excluding hydrogens is 160 g/mol. The summed E-state index contributed by atoms with van der Waals surface area (Å²) in [5.74, 6) is 0.387. The molecule has 0 saturated heterocycles. The van der Waals surface area contributed by atoms with E-state index in [2.05, 4.69) is 24.0 Å². The van der Waals surface area contributed by atoms with Gasteiger partial charge in [-0.2, -0.15) is 0 Å². The van der Waals surface area contributed by atoms with E-state index in [0.29, 0.717) is 5.92 Å². The summed E-state index contributed by atoms with van der Waals surface area (Å²) in [6.07, 6.45) is 0. The minimum Gasteiger partial charge on any atom is -0.343 e. The van der Waals surface area contributed by atoms with E-state index in [9.17, 15) is 0 Å².